The summed E-state index contributed by atoms with van der Waals surface area (Å²) in [5.74, 6) is 0.734. The van der Waals surface area contributed by atoms with Gasteiger partial charge in [0.1, 0.15) is 5.75 Å². The van der Waals surface area contributed by atoms with Gasteiger partial charge in [-0.05, 0) is 43.5 Å². The third-order valence-corrected chi connectivity index (χ3v) is 3.63. The number of hydrogen-bond donors (Lipinski definition) is 2. The van der Waals surface area contributed by atoms with E-state index in [9.17, 15) is 4.79 Å². The first-order chi connectivity index (χ1) is 11.1. The number of rotatable bonds is 7. The molecule has 0 saturated carbocycles. The molecule has 0 spiro atoms. The van der Waals surface area contributed by atoms with Crippen molar-refractivity contribution in [2.24, 2.45) is 0 Å². The number of hydrogen-bond acceptors (Lipinski definition) is 3. The highest BCUT2D eigenvalue weighted by Gasteiger charge is 2.05. The van der Waals surface area contributed by atoms with Crippen LogP contribution in [0.1, 0.15) is 30.0 Å². The molecular formula is C19H24N2O2. The molecule has 0 aliphatic heterocycles. The number of carbonyl (C=O) groups is 1. The summed E-state index contributed by atoms with van der Waals surface area (Å²) in [6, 6.07) is 13.8. The average molecular weight is 312 g/mol. The number of anilines is 1. The molecule has 0 fully saturated rings. The number of ether oxygens (including phenoxy) is 1. The van der Waals surface area contributed by atoms with Crippen LogP contribution in [0.4, 0.5) is 5.69 Å². The summed E-state index contributed by atoms with van der Waals surface area (Å²) in [4.78, 5) is 11.9. The molecule has 0 aliphatic rings. The highest BCUT2D eigenvalue weighted by molar-refractivity contribution is 5.76. The van der Waals surface area contributed by atoms with Crippen LogP contribution < -0.4 is 15.8 Å². The van der Waals surface area contributed by atoms with Gasteiger partial charge in [-0.3, -0.25) is 4.79 Å². The van der Waals surface area contributed by atoms with E-state index in [2.05, 4.69) is 5.32 Å². The molecule has 0 aromatic heterocycles. The summed E-state index contributed by atoms with van der Waals surface area (Å²) in [5.41, 5.74) is 9.91. The fourth-order valence-electron chi connectivity index (χ4n) is 2.29. The van der Waals surface area contributed by atoms with Crippen molar-refractivity contribution in [3.8, 4) is 5.75 Å². The molecule has 2 aromatic carbocycles. The van der Waals surface area contributed by atoms with E-state index in [0.29, 0.717) is 37.4 Å². The normalized spacial score (nSPS) is 10.3. The van der Waals surface area contributed by atoms with E-state index >= 15 is 0 Å². The second kappa shape index (κ2) is 8.22. The maximum atomic E-state index is 11.9. The first kappa shape index (κ1) is 16.9. The molecule has 23 heavy (non-hydrogen) atoms. The lowest BCUT2D eigenvalue weighted by molar-refractivity contribution is -0.121. The molecule has 2 aromatic rings. The van der Waals surface area contributed by atoms with Gasteiger partial charge in [-0.2, -0.15) is 0 Å². The molecule has 2 rings (SSSR count). The molecule has 1 amide bonds. The fourth-order valence-corrected chi connectivity index (χ4v) is 2.29. The number of nitrogens with one attached hydrogen (secondary N) is 1. The monoisotopic (exact) mass is 312 g/mol. The van der Waals surface area contributed by atoms with Gasteiger partial charge in [0.05, 0.1) is 12.3 Å². The Morgan fingerprint density at radius 3 is 2.48 bits per heavy atom. The molecule has 0 heterocycles. The van der Waals surface area contributed by atoms with Crippen molar-refractivity contribution in [3.05, 3.63) is 59.2 Å². The molecular weight excluding hydrogens is 288 g/mol. The zero-order valence-electron chi connectivity index (χ0n) is 13.8. The largest absolute Gasteiger partial charge is 0.492 e. The maximum Gasteiger partial charge on any atom is 0.220 e. The van der Waals surface area contributed by atoms with Gasteiger partial charge in [0.15, 0.2) is 0 Å². The van der Waals surface area contributed by atoms with Crippen LogP contribution in [-0.4, -0.2) is 12.5 Å². The molecule has 122 valence electrons. The standard InChI is InChI=1S/C19H24N2O2/c1-3-23-18-10-8-15(12-17(18)20)9-11-19(22)21-13-16-6-4-14(2)5-7-16/h4-8,10,12H,3,9,11,13,20H2,1-2H3,(H,21,22). The second-order valence-corrected chi connectivity index (χ2v) is 5.57. The van der Waals surface area contributed by atoms with E-state index in [0.717, 1.165) is 11.1 Å². The Morgan fingerprint density at radius 2 is 1.83 bits per heavy atom. The van der Waals surface area contributed by atoms with Crippen molar-refractivity contribution >= 4 is 11.6 Å². The quantitative estimate of drug-likeness (QED) is 0.772. The van der Waals surface area contributed by atoms with Crippen LogP contribution in [0.2, 0.25) is 0 Å². The molecule has 3 N–H and O–H groups in total. The Morgan fingerprint density at radius 1 is 1.13 bits per heavy atom. The van der Waals surface area contributed by atoms with Crippen molar-refractivity contribution in [3.63, 3.8) is 0 Å². The van der Waals surface area contributed by atoms with Crippen molar-refractivity contribution in [2.75, 3.05) is 12.3 Å². The minimum Gasteiger partial charge on any atom is -0.492 e. The van der Waals surface area contributed by atoms with E-state index in [4.69, 9.17) is 10.5 Å². The van der Waals surface area contributed by atoms with Crippen LogP contribution in [0, 0.1) is 6.92 Å². The van der Waals surface area contributed by atoms with Crippen LogP contribution in [0.3, 0.4) is 0 Å². The zero-order valence-corrected chi connectivity index (χ0v) is 13.8. The SMILES string of the molecule is CCOc1ccc(CCC(=O)NCc2ccc(C)cc2)cc1N. The molecule has 0 aliphatic carbocycles. The van der Waals surface area contributed by atoms with Crippen molar-refractivity contribution in [2.45, 2.75) is 33.2 Å². The molecule has 0 bridgehead atoms. The minimum absolute atomic E-state index is 0.0398. The maximum absolute atomic E-state index is 11.9. The lowest BCUT2D eigenvalue weighted by Gasteiger charge is -2.09. The molecule has 4 nitrogen and oxygen atoms in total. The summed E-state index contributed by atoms with van der Waals surface area (Å²) in [6.45, 7) is 5.12. The van der Waals surface area contributed by atoms with Crippen molar-refractivity contribution in [1.82, 2.24) is 5.32 Å². The highest BCUT2D eigenvalue weighted by Crippen LogP contribution is 2.23. The fraction of sp³-hybridized carbons (Fsp3) is 0.316. The van der Waals surface area contributed by atoms with Crippen LogP contribution >= 0.6 is 0 Å². The van der Waals surface area contributed by atoms with E-state index in [1.165, 1.54) is 5.56 Å². The van der Waals surface area contributed by atoms with Gasteiger partial charge in [-0.15, -0.1) is 0 Å². The Hall–Kier alpha value is -2.49. The van der Waals surface area contributed by atoms with Gasteiger partial charge < -0.3 is 15.8 Å². The third-order valence-electron chi connectivity index (χ3n) is 3.63. The number of amides is 1. The third kappa shape index (κ3) is 5.33. The van der Waals surface area contributed by atoms with Gasteiger partial charge in [0.2, 0.25) is 5.91 Å². The summed E-state index contributed by atoms with van der Waals surface area (Å²) in [6.07, 6.45) is 1.11. The first-order valence-corrected chi connectivity index (χ1v) is 7.92. The molecule has 0 atom stereocenters. The summed E-state index contributed by atoms with van der Waals surface area (Å²) >= 11 is 0. The van der Waals surface area contributed by atoms with Crippen molar-refractivity contribution in [1.29, 1.82) is 0 Å². The molecule has 0 unspecified atom stereocenters. The van der Waals surface area contributed by atoms with E-state index in [1.807, 2.05) is 56.3 Å². The van der Waals surface area contributed by atoms with Crippen LogP contribution in [-0.2, 0) is 17.8 Å². The van der Waals surface area contributed by atoms with Gasteiger partial charge in [0, 0.05) is 13.0 Å². The summed E-state index contributed by atoms with van der Waals surface area (Å²) < 4.78 is 5.41. The van der Waals surface area contributed by atoms with Gasteiger partial charge >= 0.3 is 0 Å². The summed E-state index contributed by atoms with van der Waals surface area (Å²) in [5, 5.41) is 2.94. The smallest absolute Gasteiger partial charge is 0.220 e. The molecule has 4 heteroatoms. The number of benzene rings is 2. The number of nitrogens with two attached hydrogens (primary N) is 1. The van der Waals surface area contributed by atoms with E-state index in [-0.39, 0.29) is 5.91 Å². The lowest BCUT2D eigenvalue weighted by atomic mass is 10.1. The second-order valence-electron chi connectivity index (χ2n) is 5.57. The van der Waals surface area contributed by atoms with E-state index < -0.39 is 0 Å². The Labute approximate surface area is 137 Å². The average Bonchev–Trinajstić information content (AvgIpc) is 2.55. The number of nitrogen functional groups attached to an aromatic ring is 1. The minimum atomic E-state index is 0.0398. The van der Waals surface area contributed by atoms with Crippen LogP contribution in [0.5, 0.6) is 5.75 Å². The highest BCUT2D eigenvalue weighted by atomic mass is 16.5. The van der Waals surface area contributed by atoms with Crippen LogP contribution in [0.25, 0.3) is 0 Å². The number of aryl methyl sites for hydroxylation is 2. The Bertz CT molecular complexity index is 651. The topological polar surface area (TPSA) is 64.3 Å². The van der Waals surface area contributed by atoms with Crippen molar-refractivity contribution < 1.29 is 9.53 Å². The van der Waals surface area contributed by atoms with Gasteiger partial charge in [-0.1, -0.05) is 35.9 Å². The van der Waals surface area contributed by atoms with Gasteiger partial charge in [0.25, 0.3) is 0 Å². The van der Waals surface area contributed by atoms with Gasteiger partial charge in [-0.25, -0.2) is 0 Å². The Balaban J connectivity index is 1.80. The Kier molecular flexibility index (Phi) is 6.03. The lowest BCUT2D eigenvalue weighted by Crippen LogP contribution is -2.23. The summed E-state index contributed by atoms with van der Waals surface area (Å²) in [7, 11) is 0. The predicted molar refractivity (Wildman–Crippen MR) is 93.4 cm³/mol. The van der Waals surface area contributed by atoms with E-state index in [1.54, 1.807) is 0 Å². The molecule has 0 saturated heterocycles. The van der Waals surface area contributed by atoms with Crippen LogP contribution in [0.15, 0.2) is 42.5 Å². The first-order valence-electron chi connectivity index (χ1n) is 7.92. The number of carbonyl (C=O) groups excluding carboxylic acids is 1. The molecule has 0 radical (unpaired) electrons. The zero-order chi connectivity index (χ0) is 16.7. The predicted octanol–water partition coefficient (Wildman–Crippen LogP) is 3.22.